The van der Waals surface area contributed by atoms with Crippen LogP contribution in [-0.4, -0.2) is 6.61 Å². The van der Waals surface area contributed by atoms with Crippen LogP contribution in [0.15, 0.2) is 43.0 Å². The second kappa shape index (κ2) is 3.72. The van der Waals surface area contributed by atoms with E-state index in [0.29, 0.717) is 6.61 Å². The molecule has 0 N–H and O–H groups in total. The Morgan fingerprint density at radius 2 is 2.00 bits per heavy atom. The summed E-state index contributed by atoms with van der Waals surface area (Å²) in [5, 5.41) is 0. The van der Waals surface area contributed by atoms with Gasteiger partial charge in [0, 0.05) is 0 Å². The highest BCUT2D eigenvalue weighted by atomic mass is 16.7. The Hall–Kier alpha value is -1.24. The molecule has 0 atom stereocenters. The predicted octanol–water partition coefficient (Wildman–Crippen LogP) is 2.25. The zero-order valence-corrected chi connectivity index (χ0v) is 5.79. The van der Waals surface area contributed by atoms with E-state index >= 15 is 0 Å². The number of hydrogen-bond donors (Lipinski definition) is 0. The van der Waals surface area contributed by atoms with E-state index in [2.05, 4.69) is 6.58 Å². The Labute approximate surface area is 61.0 Å². The second-order valence-corrected chi connectivity index (χ2v) is 1.91. The molecule has 1 heteroatoms. The zero-order valence-electron chi connectivity index (χ0n) is 5.79. The molecule has 1 rings (SSSR count). The van der Waals surface area contributed by atoms with Crippen molar-refractivity contribution >= 4 is 0 Å². The molecule has 0 heterocycles. The van der Waals surface area contributed by atoms with Crippen molar-refractivity contribution < 1.29 is 4.74 Å². The molecule has 0 aromatic heterocycles. The summed E-state index contributed by atoms with van der Waals surface area (Å²) in [6, 6.07) is 9.69. The fraction of sp³-hybridized carbons (Fsp3) is 0.111. The Morgan fingerprint density at radius 3 is 2.60 bits per heavy atom. The SMILES string of the molecule is C=CCO[14c]1ccccc1. The van der Waals surface area contributed by atoms with Crippen molar-refractivity contribution in [1.82, 2.24) is 0 Å². The van der Waals surface area contributed by atoms with Crippen molar-refractivity contribution in [3.8, 4) is 5.75 Å². The topological polar surface area (TPSA) is 9.23 Å². The van der Waals surface area contributed by atoms with E-state index in [1.807, 2.05) is 30.3 Å². The summed E-state index contributed by atoms with van der Waals surface area (Å²) in [6.45, 7) is 4.12. The molecule has 0 aliphatic rings. The molecule has 1 nitrogen and oxygen atoms in total. The number of para-hydroxylation sites is 1. The van der Waals surface area contributed by atoms with E-state index in [1.54, 1.807) is 6.08 Å². The van der Waals surface area contributed by atoms with Crippen LogP contribution in [0.1, 0.15) is 0 Å². The summed E-state index contributed by atoms with van der Waals surface area (Å²) >= 11 is 0. The van der Waals surface area contributed by atoms with Crippen molar-refractivity contribution in [1.29, 1.82) is 0 Å². The first-order valence-electron chi connectivity index (χ1n) is 3.22. The van der Waals surface area contributed by atoms with Crippen molar-refractivity contribution in [2.75, 3.05) is 6.61 Å². The van der Waals surface area contributed by atoms with Gasteiger partial charge in [-0.1, -0.05) is 30.9 Å². The molecule has 0 bridgehead atoms. The lowest BCUT2D eigenvalue weighted by molar-refractivity contribution is 0.363. The van der Waals surface area contributed by atoms with Crippen LogP contribution in [0, 0.1) is 0 Å². The Balaban J connectivity index is 2.50. The average molecular weight is 136 g/mol. The van der Waals surface area contributed by atoms with Crippen LogP contribution < -0.4 is 4.74 Å². The van der Waals surface area contributed by atoms with Crippen molar-refractivity contribution in [3.05, 3.63) is 43.0 Å². The van der Waals surface area contributed by atoms with Gasteiger partial charge >= 0.3 is 0 Å². The first-order valence-corrected chi connectivity index (χ1v) is 3.22. The summed E-state index contributed by atoms with van der Waals surface area (Å²) in [4.78, 5) is 0. The van der Waals surface area contributed by atoms with Crippen molar-refractivity contribution in [3.63, 3.8) is 0 Å². The maximum atomic E-state index is 5.24. The molecule has 1 aromatic carbocycles. The highest BCUT2D eigenvalue weighted by Crippen LogP contribution is 2.07. The average Bonchev–Trinajstić information content (AvgIpc) is 2.03. The highest BCUT2D eigenvalue weighted by molar-refractivity contribution is 5.20. The molecule has 0 fully saturated rings. The van der Waals surface area contributed by atoms with Gasteiger partial charge in [0.15, 0.2) is 0 Å². The standard InChI is InChI=1S/C9H10O/c1-2-8-10-9-6-4-3-5-7-9/h2-7H,1,8H2/i9+2. The van der Waals surface area contributed by atoms with E-state index in [1.165, 1.54) is 0 Å². The van der Waals surface area contributed by atoms with Gasteiger partial charge in [-0.2, -0.15) is 0 Å². The van der Waals surface area contributed by atoms with Crippen LogP contribution in [0.4, 0.5) is 0 Å². The van der Waals surface area contributed by atoms with E-state index in [-0.39, 0.29) is 0 Å². The normalized spacial score (nSPS) is 8.80. The van der Waals surface area contributed by atoms with Gasteiger partial charge in [-0.15, -0.1) is 0 Å². The van der Waals surface area contributed by atoms with Crippen molar-refractivity contribution in [2.24, 2.45) is 0 Å². The molecule has 0 aliphatic carbocycles. The van der Waals surface area contributed by atoms with E-state index in [4.69, 9.17) is 4.74 Å². The number of ether oxygens (including phenoxy) is 1. The maximum absolute atomic E-state index is 5.24. The third kappa shape index (κ3) is 1.94. The molecule has 0 saturated carbocycles. The van der Waals surface area contributed by atoms with Crippen LogP contribution in [0.5, 0.6) is 5.75 Å². The van der Waals surface area contributed by atoms with Gasteiger partial charge in [0.2, 0.25) is 0 Å². The van der Waals surface area contributed by atoms with Gasteiger partial charge in [-0.3, -0.25) is 0 Å². The van der Waals surface area contributed by atoms with E-state index < -0.39 is 0 Å². The Kier molecular flexibility index (Phi) is 2.56. The lowest BCUT2D eigenvalue weighted by Gasteiger charge is -1.99. The fourth-order valence-corrected chi connectivity index (χ4v) is 0.672. The molecule has 1 aromatic rings. The first kappa shape index (κ1) is 6.87. The smallest absolute Gasteiger partial charge is 0.119 e. The molecule has 0 amide bonds. The summed E-state index contributed by atoms with van der Waals surface area (Å²) in [6.07, 6.45) is 1.73. The number of rotatable bonds is 3. The maximum Gasteiger partial charge on any atom is 0.119 e. The molecular formula is C9H10O. The Morgan fingerprint density at radius 1 is 1.30 bits per heavy atom. The lowest BCUT2D eigenvalue weighted by atomic mass is 10.5. The van der Waals surface area contributed by atoms with Crippen LogP contribution in [0.25, 0.3) is 0 Å². The largest absolute Gasteiger partial charge is 0.490 e. The molecule has 52 valence electrons. The second-order valence-electron chi connectivity index (χ2n) is 1.91. The van der Waals surface area contributed by atoms with E-state index in [9.17, 15) is 0 Å². The summed E-state index contributed by atoms with van der Waals surface area (Å²) in [5.41, 5.74) is 0. The summed E-state index contributed by atoms with van der Waals surface area (Å²) in [7, 11) is 0. The van der Waals surface area contributed by atoms with Gasteiger partial charge in [-0.25, -0.2) is 0 Å². The van der Waals surface area contributed by atoms with Gasteiger partial charge in [0.05, 0.1) is 0 Å². The quantitative estimate of drug-likeness (QED) is 0.579. The van der Waals surface area contributed by atoms with Crippen LogP contribution in [0.3, 0.4) is 0 Å². The van der Waals surface area contributed by atoms with Gasteiger partial charge in [-0.05, 0) is 12.1 Å². The molecule has 10 heavy (non-hydrogen) atoms. The minimum atomic E-state index is 0.573. The zero-order chi connectivity index (χ0) is 7.23. The predicted molar refractivity (Wildman–Crippen MR) is 42.1 cm³/mol. The lowest BCUT2D eigenvalue weighted by Crippen LogP contribution is -1.91. The third-order valence-corrected chi connectivity index (χ3v) is 1.11. The van der Waals surface area contributed by atoms with Crippen molar-refractivity contribution in [2.45, 2.75) is 0 Å². The van der Waals surface area contributed by atoms with Crippen LogP contribution >= 0.6 is 0 Å². The molecule has 0 spiro atoms. The van der Waals surface area contributed by atoms with Crippen LogP contribution in [0.2, 0.25) is 0 Å². The molecule has 0 saturated heterocycles. The molecule has 0 aliphatic heterocycles. The van der Waals surface area contributed by atoms with Gasteiger partial charge in [0.1, 0.15) is 12.4 Å². The van der Waals surface area contributed by atoms with Gasteiger partial charge in [0.25, 0.3) is 0 Å². The number of hydrogen-bond acceptors (Lipinski definition) is 1. The summed E-state index contributed by atoms with van der Waals surface area (Å²) in [5.74, 6) is 0.891. The molecule has 0 radical (unpaired) electrons. The monoisotopic (exact) mass is 136 g/mol. The molecule has 0 unspecified atom stereocenters. The minimum Gasteiger partial charge on any atom is -0.490 e. The number of benzene rings is 1. The fourth-order valence-electron chi connectivity index (χ4n) is 0.672. The molecular weight excluding hydrogens is 126 g/mol. The first-order chi connectivity index (χ1) is 4.93. The minimum absolute atomic E-state index is 0.573. The van der Waals surface area contributed by atoms with E-state index in [0.717, 1.165) is 5.75 Å². The Bertz CT molecular complexity index is 191. The third-order valence-electron chi connectivity index (χ3n) is 1.11. The summed E-state index contributed by atoms with van der Waals surface area (Å²) < 4.78 is 5.24. The van der Waals surface area contributed by atoms with Crippen LogP contribution in [-0.2, 0) is 0 Å². The van der Waals surface area contributed by atoms with Gasteiger partial charge < -0.3 is 4.74 Å². The highest BCUT2D eigenvalue weighted by Gasteiger charge is 1.84.